The molecule has 4 heterocycles. The molecule has 12 rings (SSSR count). The van der Waals surface area contributed by atoms with Crippen LogP contribution in [0.2, 0.25) is 0 Å². The summed E-state index contributed by atoms with van der Waals surface area (Å²) in [6.07, 6.45) is 0. The predicted octanol–water partition coefficient (Wildman–Crippen LogP) is 13.0. The van der Waals surface area contributed by atoms with Crippen molar-refractivity contribution in [3.05, 3.63) is 188 Å². The maximum Gasteiger partial charge on any atom is 0.238 e. The molecule has 0 amide bonds. The number of benzene rings is 8. The first-order valence-electron chi connectivity index (χ1n) is 19.1. The number of nitrogens with zero attached hydrogens (tertiary/aromatic N) is 5. The Morgan fingerprint density at radius 1 is 0.316 bits per heavy atom. The van der Waals surface area contributed by atoms with Crippen LogP contribution in [0.1, 0.15) is 0 Å². The molecule has 0 atom stereocenters. The molecule has 0 saturated heterocycles. The third-order valence-corrected chi connectivity index (χ3v) is 11.2. The van der Waals surface area contributed by atoms with Gasteiger partial charge in [-0.15, -0.1) is 0 Å². The van der Waals surface area contributed by atoms with Crippen molar-refractivity contribution in [2.24, 2.45) is 0 Å². The third kappa shape index (κ3) is 4.94. The van der Waals surface area contributed by atoms with Gasteiger partial charge in [-0.3, -0.25) is 4.57 Å². The molecule has 0 spiro atoms. The summed E-state index contributed by atoms with van der Waals surface area (Å²) in [6, 6.07) is 65.6. The van der Waals surface area contributed by atoms with Gasteiger partial charge < -0.3 is 8.98 Å². The van der Waals surface area contributed by atoms with Crippen molar-refractivity contribution in [2.75, 3.05) is 0 Å². The van der Waals surface area contributed by atoms with E-state index in [0.29, 0.717) is 17.6 Å². The highest BCUT2D eigenvalue weighted by molar-refractivity contribution is 6.19. The van der Waals surface area contributed by atoms with Crippen molar-refractivity contribution < 1.29 is 4.42 Å². The van der Waals surface area contributed by atoms with Gasteiger partial charge in [-0.1, -0.05) is 127 Å². The van der Waals surface area contributed by atoms with Crippen LogP contribution in [0.3, 0.4) is 0 Å². The maximum absolute atomic E-state index is 6.14. The van der Waals surface area contributed by atoms with Crippen molar-refractivity contribution in [1.82, 2.24) is 24.1 Å². The molecule has 0 aliphatic rings. The third-order valence-electron chi connectivity index (χ3n) is 11.2. The Hall–Kier alpha value is -7.83. The van der Waals surface area contributed by atoms with E-state index in [-0.39, 0.29) is 0 Å². The molecule has 8 aromatic carbocycles. The number of furan rings is 1. The molecule has 57 heavy (non-hydrogen) atoms. The standard InChI is InChI=1S/C51H31N5O/c1-3-14-32(15-4-1)49-52-50(35-17-13-16-33(28-35)34-26-27-48-42(29-34)39-22-9-12-25-47(39)57-48)54-51(53-49)56-44-24-11-8-21-38(44)41-30-40-37-20-7-10-23-43(37)55(45(40)31-46(41)56)36-18-5-2-6-19-36/h1-31H. The van der Waals surface area contributed by atoms with E-state index in [1.807, 2.05) is 30.3 Å². The van der Waals surface area contributed by atoms with E-state index in [1.165, 1.54) is 10.8 Å². The molecule has 0 saturated carbocycles. The second-order valence-electron chi connectivity index (χ2n) is 14.5. The summed E-state index contributed by atoms with van der Waals surface area (Å²) in [4.78, 5) is 15.7. The number of hydrogen-bond donors (Lipinski definition) is 0. The normalized spacial score (nSPS) is 11.9. The van der Waals surface area contributed by atoms with Crippen molar-refractivity contribution in [3.63, 3.8) is 0 Å². The lowest BCUT2D eigenvalue weighted by Gasteiger charge is -2.12. The number of hydrogen-bond acceptors (Lipinski definition) is 4. The summed E-state index contributed by atoms with van der Waals surface area (Å²) in [5.41, 5.74) is 11.2. The Labute approximate surface area is 326 Å². The largest absolute Gasteiger partial charge is 0.456 e. The van der Waals surface area contributed by atoms with Crippen LogP contribution in [-0.2, 0) is 0 Å². The SMILES string of the molecule is c1ccc(-c2nc(-c3cccc(-c4ccc5oc6ccccc6c5c4)c3)nc(-n3c4ccccc4c4cc5c6ccccc6n(-c6ccccc6)c5cc43)n2)cc1. The van der Waals surface area contributed by atoms with Gasteiger partial charge in [-0.2, -0.15) is 9.97 Å². The van der Waals surface area contributed by atoms with Gasteiger partial charge in [0, 0.05) is 49.1 Å². The Bertz CT molecular complexity index is 3520. The first kappa shape index (κ1) is 31.5. The Morgan fingerprint density at radius 2 is 0.877 bits per heavy atom. The molecule has 0 unspecified atom stereocenters. The van der Waals surface area contributed by atoms with Crippen LogP contribution in [0.15, 0.2) is 192 Å². The number of rotatable bonds is 5. The second-order valence-corrected chi connectivity index (χ2v) is 14.5. The fourth-order valence-corrected chi connectivity index (χ4v) is 8.56. The van der Waals surface area contributed by atoms with Crippen LogP contribution in [0.5, 0.6) is 0 Å². The maximum atomic E-state index is 6.14. The monoisotopic (exact) mass is 729 g/mol. The fraction of sp³-hybridized carbons (Fsp3) is 0. The van der Waals surface area contributed by atoms with E-state index in [1.54, 1.807) is 0 Å². The van der Waals surface area contributed by atoms with Crippen LogP contribution < -0.4 is 0 Å². The molecular formula is C51H31N5O. The first-order chi connectivity index (χ1) is 28.2. The van der Waals surface area contributed by atoms with Crippen LogP contribution in [-0.4, -0.2) is 24.1 Å². The quantitative estimate of drug-likeness (QED) is 0.177. The van der Waals surface area contributed by atoms with E-state index in [9.17, 15) is 0 Å². The molecule has 6 heteroatoms. The van der Waals surface area contributed by atoms with Crippen LogP contribution >= 0.6 is 0 Å². The fourth-order valence-electron chi connectivity index (χ4n) is 8.56. The molecule has 0 N–H and O–H groups in total. The molecule has 6 nitrogen and oxygen atoms in total. The molecule has 12 aromatic rings. The molecule has 0 fully saturated rings. The predicted molar refractivity (Wildman–Crippen MR) is 232 cm³/mol. The van der Waals surface area contributed by atoms with Crippen molar-refractivity contribution in [3.8, 4) is 45.5 Å². The topological polar surface area (TPSA) is 61.7 Å². The molecule has 266 valence electrons. The first-order valence-corrected chi connectivity index (χ1v) is 19.1. The lowest BCUT2D eigenvalue weighted by Crippen LogP contribution is -2.06. The summed E-state index contributed by atoms with van der Waals surface area (Å²) >= 11 is 0. The minimum absolute atomic E-state index is 0.559. The van der Waals surface area contributed by atoms with E-state index >= 15 is 0 Å². The summed E-state index contributed by atoms with van der Waals surface area (Å²) in [7, 11) is 0. The van der Waals surface area contributed by atoms with Crippen LogP contribution in [0.4, 0.5) is 0 Å². The van der Waals surface area contributed by atoms with Crippen LogP contribution in [0.25, 0.3) is 111 Å². The molecule has 0 radical (unpaired) electrons. The summed E-state index contributed by atoms with van der Waals surface area (Å²) < 4.78 is 10.7. The van der Waals surface area contributed by atoms with Crippen molar-refractivity contribution in [1.29, 1.82) is 0 Å². The summed E-state index contributed by atoms with van der Waals surface area (Å²) in [6.45, 7) is 0. The lowest BCUT2D eigenvalue weighted by atomic mass is 10.0. The van der Waals surface area contributed by atoms with Gasteiger partial charge in [-0.05, 0) is 71.8 Å². The van der Waals surface area contributed by atoms with Gasteiger partial charge in [0.2, 0.25) is 5.95 Å². The average molecular weight is 730 g/mol. The zero-order valence-corrected chi connectivity index (χ0v) is 30.5. The summed E-state index contributed by atoms with van der Waals surface area (Å²) in [5.74, 6) is 1.77. The van der Waals surface area contributed by atoms with Gasteiger partial charge >= 0.3 is 0 Å². The Kier molecular flexibility index (Phi) is 6.83. The summed E-state index contributed by atoms with van der Waals surface area (Å²) in [5, 5.41) is 6.88. The van der Waals surface area contributed by atoms with E-state index < -0.39 is 0 Å². The zero-order chi connectivity index (χ0) is 37.5. The second kappa shape index (κ2) is 12.3. The Balaban J connectivity index is 1.10. The number of aromatic nitrogens is 5. The highest BCUT2D eigenvalue weighted by Gasteiger charge is 2.21. The molecular weight excluding hydrogens is 699 g/mol. The highest BCUT2D eigenvalue weighted by atomic mass is 16.3. The molecule has 0 bridgehead atoms. The van der Waals surface area contributed by atoms with Gasteiger partial charge in [0.1, 0.15) is 11.2 Å². The van der Waals surface area contributed by atoms with Gasteiger partial charge in [0.15, 0.2) is 11.6 Å². The van der Waals surface area contributed by atoms with Crippen LogP contribution in [0, 0.1) is 0 Å². The number of fused-ring (bicyclic) bond motifs is 9. The van der Waals surface area contributed by atoms with Crippen molar-refractivity contribution in [2.45, 2.75) is 0 Å². The van der Waals surface area contributed by atoms with Crippen molar-refractivity contribution >= 4 is 65.6 Å². The molecule has 0 aliphatic heterocycles. The van der Waals surface area contributed by atoms with Gasteiger partial charge in [0.25, 0.3) is 0 Å². The zero-order valence-electron chi connectivity index (χ0n) is 30.5. The molecule has 0 aliphatic carbocycles. The number of para-hydroxylation sites is 4. The average Bonchev–Trinajstić information content (AvgIpc) is 3.93. The van der Waals surface area contributed by atoms with E-state index in [2.05, 4.69) is 167 Å². The van der Waals surface area contributed by atoms with Gasteiger partial charge in [-0.25, -0.2) is 4.98 Å². The minimum Gasteiger partial charge on any atom is -0.456 e. The smallest absolute Gasteiger partial charge is 0.238 e. The van der Waals surface area contributed by atoms with E-state index in [0.717, 1.165) is 82.7 Å². The minimum atomic E-state index is 0.559. The van der Waals surface area contributed by atoms with Gasteiger partial charge in [0.05, 0.1) is 22.1 Å². The lowest BCUT2D eigenvalue weighted by molar-refractivity contribution is 0.669. The molecule has 4 aromatic heterocycles. The Morgan fingerprint density at radius 3 is 1.65 bits per heavy atom. The van der Waals surface area contributed by atoms with E-state index in [4.69, 9.17) is 19.4 Å². The highest BCUT2D eigenvalue weighted by Crippen LogP contribution is 2.40.